The van der Waals surface area contributed by atoms with E-state index in [0.29, 0.717) is 17.9 Å². The van der Waals surface area contributed by atoms with E-state index >= 15 is 0 Å². The van der Waals surface area contributed by atoms with Crippen LogP contribution in [-0.2, 0) is 14.4 Å². The van der Waals surface area contributed by atoms with E-state index in [2.05, 4.69) is 75.9 Å². The molecule has 1 heterocycles. The topological polar surface area (TPSA) is 46.6 Å². The van der Waals surface area contributed by atoms with Crippen molar-refractivity contribution in [1.82, 2.24) is 4.31 Å². The Morgan fingerprint density at radius 1 is 0.897 bits per heavy atom. The summed E-state index contributed by atoms with van der Waals surface area (Å²) in [6.45, 7) is 17.7. The Labute approximate surface area is 236 Å². The van der Waals surface area contributed by atoms with Gasteiger partial charge in [-0.25, -0.2) is 8.42 Å². The highest BCUT2D eigenvalue weighted by atomic mass is 32.2. The Morgan fingerprint density at radius 3 is 1.87 bits per heavy atom. The van der Waals surface area contributed by atoms with Crippen LogP contribution in [0.5, 0.6) is 0 Å². The summed E-state index contributed by atoms with van der Waals surface area (Å²) in [5.74, 6) is 0.829. The highest BCUT2D eigenvalue weighted by Gasteiger charge is 2.52. The molecular weight excluding hydrogens is 519 g/mol. The van der Waals surface area contributed by atoms with Crippen molar-refractivity contribution in [2.24, 2.45) is 5.92 Å². The van der Waals surface area contributed by atoms with Gasteiger partial charge in [0.1, 0.15) is 0 Å². The average molecular weight is 560 g/mol. The van der Waals surface area contributed by atoms with Gasteiger partial charge >= 0.3 is 8.32 Å². The standard InChI is InChI=1S/C33H41NO3SSi/c1-25(2)28-22-32(27(4)23-34(24-28)38(35,36)29-20-18-26(3)19-21-29)37-39(33(5,6)7,30-14-10-8-11-15-30)31-16-12-9-13-17-31/h8-21,28H,1,22-24H2,2-7H3/t28-/m1/s1. The van der Waals surface area contributed by atoms with Crippen molar-refractivity contribution in [3.8, 4) is 0 Å². The second-order valence-electron chi connectivity index (χ2n) is 11.8. The summed E-state index contributed by atoms with van der Waals surface area (Å²) in [7, 11) is -6.55. The van der Waals surface area contributed by atoms with E-state index in [-0.39, 0.29) is 17.5 Å². The highest BCUT2D eigenvalue weighted by Crippen LogP contribution is 2.41. The number of benzene rings is 3. The predicted octanol–water partition coefficient (Wildman–Crippen LogP) is 6.43. The zero-order chi connectivity index (χ0) is 28.4. The molecule has 0 fully saturated rings. The van der Waals surface area contributed by atoms with Crippen LogP contribution in [0.25, 0.3) is 0 Å². The average Bonchev–Trinajstić information content (AvgIpc) is 3.07. The molecule has 0 saturated heterocycles. The Hall–Kier alpha value is -2.93. The number of hydrogen-bond donors (Lipinski definition) is 0. The van der Waals surface area contributed by atoms with E-state index in [1.54, 1.807) is 16.4 Å². The largest absolute Gasteiger partial charge is 0.537 e. The molecule has 0 saturated carbocycles. The van der Waals surface area contributed by atoms with Crippen LogP contribution in [0.15, 0.2) is 113 Å². The summed E-state index contributed by atoms with van der Waals surface area (Å²) in [6, 6.07) is 28.2. The molecule has 0 aromatic heterocycles. The molecule has 39 heavy (non-hydrogen) atoms. The van der Waals surface area contributed by atoms with E-state index in [0.717, 1.165) is 22.5 Å². The lowest BCUT2D eigenvalue weighted by atomic mass is 9.97. The normalized spacial score (nSPS) is 17.5. The van der Waals surface area contributed by atoms with Crippen LogP contribution in [0, 0.1) is 12.8 Å². The van der Waals surface area contributed by atoms with Gasteiger partial charge in [0, 0.05) is 25.4 Å². The summed E-state index contributed by atoms with van der Waals surface area (Å²) >= 11 is 0. The van der Waals surface area contributed by atoms with Crippen molar-refractivity contribution in [3.63, 3.8) is 0 Å². The lowest BCUT2D eigenvalue weighted by Gasteiger charge is -2.44. The third-order valence-corrected chi connectivity index (χ3v) is 14.6. The van der Waals surface area contributed by atoms with E-state index in [1.165, 1.54) is 10.4 Å². The van der Waals surface area contributed by atoms with Gasteiger partial charge < -0.3 is 4.43 Å². The smallest absolute Gasteiger partial charge is 0.319 e. The molecule has 0 unspecified atom stereocenters. The minimum atomic E-state index is -3.69. The molecule has 3 aromatic rings. The summed E-state index contributed by atoms with van der Waals surface area (Å²) in [5, 5.41) is 2.20. The minimum absolute atomic E-state index is 0.0594. The second kappa shape index (κ2) is 11.3. The van der Waals surface area contributed by atoms with Gasteiger partial charge in [0.15, 0.2) is 0 Å². The van der Waals surface area contributed by atoms with Gasteiger partial charge in [0.25, 0.3) is 0 Å². The van der Waals surface area contributed by atoms with Gasteiger partial charge in [-0.3, -0.25) is 0 Å². The molecule has 0 N–H and O–H groups in total. The van der Waals surface area contributed by atoms with Crippen LogP contribution < -0.4 is 10.4 Å². The van der Waals surface area contributed by atoms with Crippen LogP contribution in [0.4, 0.5) is 0 Å². The molecule has 0 aliphatic carbocycles. The number of nitrogens with zero attached hydrogens (tertiary/aromatic N) is 1. The quantitative estimate of drug-likeness (QED) is 0.247. The Balaban J connectivity index is 1.86. The van der Waals surface area contributed by atoms with Crippen molar-refractivity contribution in [2.75, 3.05) is 13.1 Å². The van der Waals surface area contributed by atoms with E-state index in [4.69, 9.17) is 4.43 Å². The maximum atomic E-state index is 13.8. The molecule has 0 radical (unpaired) electrons. The third-order valence-electron chi connectivity index (χ3n) is 7.79. The van der Waals surface area contributed by atoms with Gasteiger partial charge in [-0.15, -0.1) is 0 Å². The summed E-state index contributed by atoms with van der Waals surface area (Å²) in [6.07, 6.45) is 0.617. The fourth-order valence-corrected chi connectivity index (χ4v) is 11.5. The maximum Gasteiger partial charge on any atom is 0.319 e. The molecule has 4 rings (SSSR count). The van der Waals surface area contributed by atoms with Crippen LogP contribution >= 0.6 is 0 Å². The predicted molar refractivity (Wildman–Crippen MR) is 164 cm³/mol. The Morgan fingerprint density at radius 2 is 1.41 bits per heavy atom. The SMILES string of the molecule is C=C(C)[C@@H]1CC(O[Si](c2ccccc2)(c2ccccc2)C(C)(C)C)=C(C)CN(S(=O)(=O)c2ccc(C)cc2)C1. The first-order chi connectivity index (χ1) is 18.4. The van der Waals surface area contributed by atoms with Crippen LogP contribution in [0.2, 0.25) is 5.04 Å². The molecule has 4 nitrogen and oxygen atoms in total. The van der Waals surface area contributed by atoms with Crippen LogP contribution in [0.3, 0.4) is 0 Å². The molecule has 0 amide bonds. The highest BCUT2D eigenvalue weighted by molar-refractivity contribution is 7.89. The van der Waals surface area contributed by atoms with E-state index < -0.39 is 18.3 Å². The maximum absolute atomic E-state index is 13.8. The Kier molecular flexibility index (Phi) is 8.40. The van der Waals surface area contributed by atoms with Crippen molar-refractivity contribution in [3.05, 3.63) is 114 Å². The van der Waals surface area contributed by atoms with E-state index in [9.17, 15) is 8.42 Å². The monoisotopic (exact) mass is 559 g/mol. The number of sulfonamides is 1. The van der Waals surface area contributed by atoms with Gasteiger partial charge in [-0.2, -0.15) is 4.31 Å². The van der Waals surface area contributed by atoms with Gasteiger partial charge in [0.2, 0.25) is 10.0 Å². The third kappa shape index (κ3) is 5.83. The zero-order valence-corrected chi connectivity index (χ0v) is 25.9. The molecule has 1 aliphatic rings. The van der Waals surface area contributed by atoms with Crippen molar-refractivity contribution < 1.29 is 12.8 Å². The zero-order valence-electron chi connectivity index (χ0n) is 24.1. The lowest BCUT2D eigenvalue weighted by molar-refractivity contribution is 0.348. The summed E-state index contributed by atoms with van der Waals surface area (Å²) in [5.41, 5.74) is 2.93. The van der Waals surface area contributed by atoms with Gasteiger partial charge in [-0.05, 0) is 53.9 Å². The first kappa shape index (κ1) is 29.1. The van der Waals surface area contributed by atoms with Crippen molar-refractivity contribution in [2.45, 2.75) is 57.9 Å². The molecule has 206 valence electrons. The second-order valence-corrected chi connectivity index (χ2v) is 18.0. The molecule has 6 heteroatoms. The molecule has 1 atom stereocenters. The molecule has 0 bridgehead atoms. The van der Waals surface area contributed by atoms with Crippen LogP contribution in [0.1, 0.15) is 46.6 Å². The molecule has 3 aromatic carbocycles. The van der Waals surface area contributed by atoms with Gasteiger partial charge in [-0.1, -0.05) is 111 Å². The summed E-state index contributed by atoms with van der Waals surface area (Å²) in [4.78, 5) is 0.317. The fourth-order valence-electron chi connectivity index (χ4n) is 5.46. The van der Waals surface area contributed by atoms with Gasteiger partial charge in [0.05, 0.1) is 10.7 Å². The minimum Gasteiger partial charge on any atom is -0.537 e. The molecule has 0 spiro atoms. The Bertz CT molecular complexity index is 1400. The molecular formula is C33H41NO3SSi. The first-order valence-electron chi connectivity index (χ1n) is 13.6. The fraction of sp³-hybridized carbons (Fsp3) is 0.333. The molecule has 1 aliphatic heterocycles. The summed E-state index contributed by atoms with van der Waals surface area (Å²) < 4.78 is 36.6. The first-order valence-corrected chi connectivity index (χ1v) is 16.9. The lowest BCUT2D eigenvalue weighted by Crippen LogP contribution is -2.66. The number of rotatable bonds is 7. The van der Waals surface area contributed by atoms with Crippen molar-refractivity contribution >= 4 is 28.7 Å². The number of aryl methyl sites for hydroxylation is 1. The number of allylic oxidation sites excluding steroid dienone is 1. The van der Waals surface area contributed by atoms with Crippen LogP contribution in [-0.4, -0.2) is 34.1 Å². The van der Waals surface area contributed by atoms with E-state index in [1.807, 2.05) is 45.0 Å². The number of hydrogen-bond acceptors (Lipinski definition) is 3. The van der Waals surface area contributed by atoms with Crippen molar-refractivity contribution in [1.29, 1.82) is 0 Å².